The lowest BCUT2D eigenvalue weighted by atomic mass is 9.87. The molecule has 0 saturated heterocycles. The molecule has 0 unspecified atom stereocenters. The molecule has 0 aliphatic rings. The molecule has 19 heavy (non-hydrogen) atoms. The molecule has 1 atom stereocenters. The number of hydrogen-bond donors (Lipinski definition) is 2. The van der Waals surface area contributed by atoms with Gasteiger partial charge in [-0.2, -0.15) is 0 Å². The molecule has 0 aliphatic carbocycles. The maximum Gasteiger partial charge on any atom is 0.241 e. The number of aromatic nitrogens is 2. The number of amides is 1. The molecule has 0 saturated carbocycles. The molecule has 0 aliphatic heterocycles. The number of anilines is 1. The van der Waals surface area contributed by atoms with Crippen LogP contribution in [-0.4, -0.2) is 21.9 Å². The largest absolute Gasteiger partial charge is 0.324 e. The van der Waals surface area contributed by atoms with Crippen LogP contribution in [0.2, 0.25) is 0 Å². The molecule has 5 nitrogen and oxygen atoms in total. The fourth-order valence-corrected chi connectivity index (χ4v) is 1.70. The number of nitrogens with two attached hydrogens (primary N) is 1. The summed E-state index contributed by atoms with van der Waals surface area (Å²) in [5.41, 5.74) is 7.13. The van der Waals surface area contributed by atoms with Crippen molar-refractivity contribution in [2.45, 2.75) is 26.8 Å². The van der Waals surface area contributed by atoms with Crippen molar-refractivity contribution in [3.63, 3.8) is 0 Å². The Kier molecular flexibility index (Phi) is 3.48. The summed E-state index contributed by atoms with van der Waals surface area (Å²) in [6.45, 7) is 5.80. The van der Waals surface area contributed by atoms with Crippen LogP contribution in [-0.2, 0) is 4.79 Å². The highest BCUT2D eigenvalue weighted by Gasteiger charge is 2.27. The van der Waals surface area contributed by atoms with E-state index in [9.17, 15) is 4.79 Å². The first-order valence-electron chi connectivity index (χ1n) is 6.15. The van der Waals surface area contributed by atoms with Crippen LogP contribution >= 0.6 is 0 Å². The number of hydrogen-bond acceptors (Lipinski definition) is 4. The van der Waals surface area contributed by atoms with E-state index in [4.69, 9.17) is 5.73 Å². The smallest absolute Gasteiger partial charge is 0.241 e. The zero-order chi connectivity index (χ0) is 14.0. The third-order valence-electron chi connectivity index (χ3n) is 3.02. The Bertz CT molecular complexity index is 598. The second-order valence-electron chi connectivity index (χ2n) is 5.58. The summed E-state index contributed by atoms with van der Waals surface area (Å²) in [4.78, 5) is 20.4. The minimum Gasteiger partial charge on any atom is -0.324 e. The standard InChI is InChI=1S/C14H18N4O/c1-14(2,3)12(15)13(19)18-11-5-7-17-10-4-6-16-8-9(10)11/h4-8,12H,15H2,1-3H3,(H,17,18,19)/t12-/m1/s1. The van der Waals surface area contributed by atoms with Gasteiger partial charge in [-0.1, -0.05) is 20.8 Å². The highest BCUT2D eigenvalue weighted by molar-refractivity contribution is 6.02. The van der Waals surface area contributed by atoms with Crippen molar-refractivity contribution in [1.29, 1.82) is 0 Å². The Morgan fingerprint density at radius 1 is 1.32 bits per heavy atom. The molecule has 3 N–H and O–H groups in total. The average Bonchev–Trinajstić information content (AvgIpc) is 2.37. The summed E-state index contributed by atoms with van der Waals surface area (Å²) in [6, 6.07) is 2.97. The van der Waals surface area contributed by atoms with Crippen LogP contribution in [0.4, 0.5) is 5.69 Å². The van der Waals surface area contributed by atoms with Crippen molar-refractivity contribution < 1.29 is 4.79 Å². The van der Waals surface area contributed by atoms with E-state index in [0.717, 1.165) is 10.9 Å². The third-order valence-corrected chi connectivity index (χ3v) is 3.02. The van der Waals surface area contributed by atoms with E-state index in [1.54, 1.807) is 30.7 Å². The van der Waals surface area contributed by atoms with Gasteiger partial charge in [-0.25, -0.2) is 0 Å². The SMILES string of the molecule is CC(C)(C)[C@H](N)C(=O)Nc1ccnc2ccncc12. The maximum atomic E-state index is 12.1. The lowest BCUT2D eigenvalue weighted by Crippen LogP contribution is -2.45. The first kappa shape index (κ1) is 13.4. The molecule has 1 amide bonds. The first-order chi connectivity index (χ1) is 8.89. The van der Waals surface area contributed by atoms with E-state index in [-0.39, 0.29) is 11.3 Å². The van der Waals surface area contributed by atoms with Crippen molar-refractivity contribution >= 4 is 22.5 Å². The number of carbonyl (C=O) groups excluding carboxylic acids is 1. The summed E-state index contributed by atoms with van der Waals surface area (Å²) in [5, 5.41) is 3.65. The molecular formula is C14H18N4O. The molecule has 2 rings (SSSR count). The number of nitrogens with zero attached hydrogens (tertiary/aromatic N) is 2. The Balaban J connectivity index is 2.29. The summed E-state index contributed by atoms with van der Waals surface area (Å²) in [5.74, 6) is -0.205. The van der Waals surface area contributed by atoms with Gasteiger partial charge >= 0.3 is 0 Å². The number of carbonyl (C=O) groups is 1. The van der Waals surface area contributed by atoms with Crippen molar-refractivity contribution in [2.75, 3.05) is 5.32 Å². The van der Waals surface area contributed by atoms with E-state index in [1.165, 1.54) is 0 Å². The molecule has 100 valence electrons. The highest BCUT2D eigenvalue weighted by atomic mass is 16.2. The van der Waals surface area contributed by atoms with Crippen LogP contribution in [0, 0.1) is 5.41 Å². The lowest BCUT2D eigenvalue weighted by Gasteiger charge is -2.26. The zero-order valence-electron chi connectivity index (χ0n) is 11.3. The normalized spacial score (nSPS) is 13.3. The van der Waals surface area contributed by atoms with Crippen molar-refractivity contribution in [2.24, 2.45) is 11.1 Å². The van der Waals surface area contributed by atoms with Gasteiger partial charge in [-0.3, -0.25) is 14.8 Å². The molecule has 0 aromatic carbocycles. The van der Waals surface area contributed by atoms with Crippen LogP contribution in [0.5, 0.6) is 0 Å². The molecule has 0 spiro atoms. The predicted molar refractivity (Wildman–Crippen MR) is 75.6 cm³/mol. The summed E-state index contributed by atoms with van der Waals surface area (Å²) >= 11 is 0. The fourth-order valence-electron chi connectivity index (χ4n) is 1.70. The van der Waals surface area contributed by atoms with Crippen molar-refractivity contribution in [1.82, 2.24) is 9.97 Å². The van der Waals surface area contributed by atoms with Gasteiger partial charge in [0.15, 0.2) is 0 Å². The topological polar surface area (TPSA) is 80.9 Å². The number of pyridine rings is 2. The second-order valence-corrected chi connectivity index (χ2v) is 5.58. The van der Waals surface area contributed by atoms with E-state index in [0.29, 0.717) is 5.69 Å². The summed E-state index contributed by atoms with van der Waals surface area (Å²) in [7, 11) is 0. The van der Waals surface area contributed by atoms with Gasteiger partial charge in [0.05, 0.1) is 17.2 Å². The summed E-state index contributed by atoms with van der Waals surface area (Å²) in [6.07, 6.45) is 5.00. The molecule has 0 bridgehead atoms. The number of rotatable bonds is 2. The second kappa shape index (κ2) is 4.93. The fraction of sp³-hybridized carbons (Fsp3) is 0.357. The van der Waals surface area contributed by atoms with Gasteiger partial charge in [0.25, 0.3) is 0 Å². The molecular weight excluding hydrogens is 240 g/mol. The van der Waals surface area contributed by atoms with E-state index in [2.05, 4.69) is 15.3 Å². The molecule has 2 aromatic rings. The molecule has 2 heterocycles. The van der Waals surface area contributed by atoms with E-state index < -0.39 is 6.04 Å². The molecule has 5 heteroatoms. The van der Waals surface area contributed by atoms with Crippen LogP contribution < -0.4 is 11.1 Å². The van der Waals surface area contributed by atoms with E-state index in [1.807, 2.05) is 20.8 Å². The van der Waals surface area contributed by atoms with Gasteiger partial charge in [-0.05, 0) is 17.5 Å². The van der Waals surface area contributed by atoms with Crippen LogP contribution in [0.3, 0.4) is 0 Å². The van der Waals surface area contributed by atoms with E-state index >= 15 is 0 Å². The minimum absolute atomic E-state index is 0.205. The van der Waals surface area contributed by atoms with Crippen LogP contribution in [0.25, 0.3) is 10.9 Å². The van der Waals surface area contributed by atoms with Gasteiger partial charge in [-0.15, -0.1) is 0 Å². The highest BCUT2D eigenvalue weighted by Crippen LogP contribution is 2.22. The zero-order valence-corrected chi connectivity index (χ0v) is 11.3. The quantitative estimate of drug-likeness (QED) is 0.862. The Morgan fingerprint density at radius 3 is 2.74 bits per heavy atom. The Morgan fingerprint density at radius 2 is 2.05 bits per heavy atom. The maximum absolute atomic E-state index is 12.1. The van der Waals surface area contributed by atoms with Crippen LogP contribution in [0.15, 0.2) is 30.7 Å². The van der Waals surface area contributed by atoms with Crippen LogP contribution in [0.1, 0.15) is 20.8 Å². The lowest BCUT2D eigenvalue weighted by molar-refractivity contribution is -0.119. The predicted octanol–water partition coefficient (Wildman–Crippen LogP) is 1.94. The number of nitrogens with one attached hydrogen (secondary N) is 1. The van der Waals surface area contributed by atoms with Gasteiger partial charge in [0, 0.05) is 24.0 Å². The average molecular weight is 258 g/mol. The summed E-state index contributed by atoms with van der Waals surface area (Å²) < 4.78 is 0. The molecule has 0 fully saturated rings. The Hall–Kier alpha value is -2.01. The third kappa shape index (κ3) is 2.88. The monoisotopic (exact) mass is 258 g/mol. The molecule has 0 radical (unpaired) electrons. The number of fused-ring (bicyclic) bond motifs is 1. The first-order valence-corrected chi connectivity index (χ1v) is 6.15. The van der Waals surface area contributed by atoms with Crippen molar-refractivity contribution in [3.05, 3.63) is 30.7 Å². The van der Waals surface area contributed by atoms with Crippen molar-refractivity contribution in [3.8, 4) is 0 Å². The molecule has 2 aromatic heterocycles. The Labute approximate surface area is 112 Å². The van der Waals surface area contributed by atoms with Gasteiger partial charge < -0.3 is 11.1 Å². The van der Waals surface area contributed by atoms with Gasteiger partial charge in [0.1, 0.15) is 0 Å². The van der Waals surface area contributed by atoms with Gasteiger partial charge in [0.2, 0.25) is 5.91 Å². The minimum atomic E-state index is -0.576.